The van der Waals surface area contributed by atoms with Crippen LogP contribution in [-0.2, 0) is 16.0 Å². The molecule has 1 saturated carbocycles. The Labute approximate surface area is 148 Å². The molecule has 132 valence electrons. The molecule has 2 amide bonds. The number of nitrogens with zero attached hydrogens (tertiary/aromatic N) is 1. The fourth-order valence-corrected chi connectivity index (χ4v) is 3.83. The molecule has 1 heterocycles. The van der Waals surface area contributed by atoms with E-state index in [1.54, 1.807) is 0 Å². The molecule has 2 atom stereocenters. The van der Waals surface area contributed by atoms with Gasteiger partial charge in [0.2, 0.25) is 5.91 Å². The molecule has 0 spiro atoms. The SMILES string of the molecule is C#C[C@](O)(CC(=O)N1C(=O)OC[C@@H]1Cc1ccccc1)C1CCCC1. The van der Waals surface area contributed by atoms with Gasteiger partial charge < -0.3 is 9.84 Å². The Hall–Kier alpha value is -2.32. The standard InChI is InChI=1S/C20H23NO4/c1-2-20(24,16-10-6-7-11-16)13-18(22)21-17(14-25-19(21)23)12-15-8-4-3-5-9-15/h1,3-5,8-9,16-17,24H,6-7,10-14H2/t17-,20-/m0/s1. The van der Waals surface area contributed by atoms with Gasteiger partial charge in [-0.15, -0.1) is 6.42 Å². The van der Waals surface area contributed by atoms with Crippen molar-refractivity contribution in [2.45, 2.75) is 50.2 Å². The number of cyclic esters (lactones) is 1. The normalized spacial score (nSPS) is 23.1. The van der Waals surface area contributed by atoms with E-state index in [1.807, 2.05) is 30.3 Å². The van der Waals surface area contributed by atoms with Crippen LogP contribution < -0.4 is 0 Å². The topological polar surface area (TPSA) is 66.8 Å². The quantitative estimate of drug-likeness (QED) is 0.836. The van der Waals surface area contributed by atoms with E-state index in [0.717, 1.165) is 36.1 Å². The van der Waals surface area contributed by atoms with E-state index in [-0.39, 0.29) is 25.0 Å². The van der Waals surface area contributed by atoms with Crippen LogP contribution in [0.25, 0.3) is 0 Å². The van der Waals surface area contributed by atoms with E-state index in [1.165, 1.54) is 0 Å². The van der Waals surface area contributed by atoms with Crippen molar-refractivity contribution in [1.82, 2.24) is 4.90 Å². The predicted molar refractivity (Wildman–Crippen MR) is 92.5 cm³/mol. The predicted octanol–water partition coefficient (Wildman–Crippen LogP) is 2.52. The molecule has 2 fully saturated rings. The van der Waals surface area contributed by atoms with Gasteiger partial charge in [0.25, 0.3) is 0 Å². The first-order valence-corrected chi connectivity index (χ1v) is 8.76. The monoisotopic (exact) mass is 341 g/mol. The van der Waals surface area contributed by atoms with Crippen LogP contribution in [0, 0.1) is 18.3 Å². The number of carbonyl (C=O) groups excluding carboxylic acids is 2. The van der Waals surface area contributed by atoms with Gasteiger partial charge in [-0.2, -0.15) is 0 Å². The van der Waals surface area contributed by atoms with E-state index in [4.69, 9.17) is 11.2 Å². The van der Waals surface area contributed by atoms with Gasteiger partial charge in [0, 0.05) is 0 Å². The van der Waals surface area contributed by atoms with Crippen LogP contribution in [0.2, 0.25) is 0 Å². The third-order valence-electron chi connectivity index (χ3n) is 5.25. The van der Waals surface area contributed by atoms with Crippen LogP contribution in [0.5, 0.6) is 0 Å². The van der Waals surface area contributed by atoms with Gasteiger partial charge in [-0.05, 0) is 30.7 Å². The minimum absolute atomic E-state index is 0.0901. The molecule has 1 aromatic carbocycles. The molecule has 1 aromatic rings. The summed E-state index contributed by atoms with van der Waals surface area (Å²) in [6.07, 6.45) is 8.80. The number of rotatable bonds is 5. The zero-order valence-electron chi connectivity index (χ0n) is 14.2. The summed E-state index contributed by atoms with van der Waals surface area (Å²) in [4.78, 5) is 25.9. The zero-order chi connectivity index (χ0) is 17.9. The maximum Gasteiger partial charge on any atom is 0.416 e. The van der Waals surface area contributed by atoms with Crippen LogP contribution in [0.3, 0.4) is 0 Å². The highest BCUT2D eigenvalue weighted by Crippen LogP contribution is 2.36. The van der Waals surface area contributed by atoms with Crippen molar-refractivity contribution in [3.63, 3.8) is 0 Å². The Morgan fingerprint density at radius 2 is 2.00 bits per heavy atom. The highest BCUT2D eigenvalue weighted by molar-refractivity contribution is 5.94. The lowest BCUT2D eigenvalue weighted by molar-refractivity contribution is -0.134. The van der Waals surface area contributed by atoms with Crippen LogP contribution in [0.15, 0.2) is 30.3 Å². The van der Waals surface area contributed by atoms with Crippen LogP contribution in [0.4, 0.5) is 4.79 Å². The van der Waals surface area contributed by atoms with Crippen LogP contribution >= 0.6 is 0 Å². The van der Waals surface area contributed by atoms with Crippen molar-refractivity contribution in [1.29, 1.82) is 0 Å². The highest BCUT2D eigenvalue weighted by atomic mass is 16.6. The molecular formula is C20H23NO4. The van der Waals surface area contributed by atoms with Gasteiger partial charge in [0.05, 0.1) is 12.5 Å². The number of imide groups is 1. The molecule has 1 saturated heterocycles. The summed E-state index contributed by atoms with van der Waals surface area (Å²) in [7, 11) is 0. The minimum atomic E-state index is -1.49. The van der Waals surface area contributed by atoms with Crippen LogP contribution in [-0.4, -0.2) is 40.3 Å². The molecule has 0 unspecified atom stereocenters. The summed E-state index contributed by atoms with van der Waals surface area (Å²) in [5, 5.41) is 10.8. The number of carbonyl (C=O) groups is 2. The Kier molecular flexibility index (Phi) is 5.10. The molecule has 0 bridgehead atoms. The number of hydrogen-bond donors (Lipinski definition) is 1. The van der Waals surface area contributed by atoms with E-state index in [0.29, 0.717) is 6.42 Å². The molecule has 5 nitrogen and oxygen atoms in total. The molecule has 3 rings (SSSR count). The maximum absolute atomic E-state index is 12.8. The Morgan fingerprint density at radius 1 is 1.32 bits per heavy atom. The summed E-state index contributed by atoms with van der Waals surface area (Å²) in [6.45, 7) is 0.164. The number of terminal acetylenes is 1. The summed E-state index contributed by atoms with van der Waals surface area (Å²) < 4.78 is 5.08. The lowest BCUT2D eigenvalue weighted by atomic mass is 9.83. The number of hydrogen-bond acceptors (Lipinski definition) is 4. The number of aliphatic hydroxyl groups is 1. The minimum Gasteiger partial charge on any atom is -0.447 e. The lowest BCUT2D eigenvalue weighted by Gasteiger charge is -2.30. The first kappa shape index (κ1) is 17.5. The van der Waals surface area contributed by atoms with E-state index < -0.39 is 17.6 Å². The van der Waals surface area contributed by atoms with Crippen LogP contribution in [0.1, 0.15) is 37.7 Å². The summed E-state index contributed by atoms with van der Waals surface area (Å²) in [5.41, 5.74) is -0.472. The second-order valence-corrected chi connectivity index (χ2v) is 6.91. The van der Waals surface area contributed by atoms with Crippen molar-refractivity contribution in [2.75, 3.05) is 6.61 Å². The first-order chi connectivity index (χ1) is 12.0. The molecular weight excluding hydrogens is 318 g/mol. The van der Waals surface area contributed by atoms with E-state index in [2.05, 4.69) is 5.92 Å². The smallest absolute Gasteiger partial charge is 0.416 e. The second-order valence-electron chi connectivity index (χ2n) is 6.91. The molecule has 1 aliphatic carbocycles. The van der Waals surface area contributed by atoms with Gasteiger partial charge in [-0.3, -0.25) is 4.79 Å². The van der Waals surface area contributed by atoms with Gasteiger partial charge in [-0.1, -0.05) is 49.1 Å². The Balaban J connectivity index is 1.72. The van der Waals surface area contributed by atoms with Gasteiger partial charge in [-0.25, -0.2) is 9.69 Å². The molecule has 0 radical (unpaired) electrons. The zero-order valence-corrected chi connectivity index (χ0v) is 14.2. The molecule has 25 heavy (non-hydrogen) atoms. The fourth-order valence-electron chi connectivity index (χ4n) is 3.83. The third-order valence-corrected chi connectivity index (χ3v) is 5.25. The van der Waals surface area contributed by atoms with Crippen molar-refractivity contribution in [3.05, 3.63) is 35.9 Å². The van der Waals surface area contributed by atoms with E-state index >= 15 is 0 Å². The van der Waals surface area contributed by atoms with Gasteiger partial charge >= 0.3 is 6.09 Å². The first-order valence-electron chi connectivity index (χ1n) is 8.76. The Bertz CT molecular complexity index is 675. The van der Waals surface area contributed by atoms with E-state index in [9.17, 15) is 14.7 Å². The van der Waals surface area contributed by atoms with Crippen molar-refractivity contribution >= 4 is 12.0 Å². The number of benzene rings is 1. The molecule has 5 heteroatoms. The van der Waals surface area contributed by atoms with Gasteiger partial charge in [0.1, 0.15) is 12.2 Å². The average molecular weight is 341 g/mol. The summed E-state index contributed by atoms with van der Waals surface area (Å²) in [5.74, 6) is 1.86. The Morgan fingerprint density at radius 3 is 2.64 bits per heavy atom. The maximum atomic E-state index is 12.8. The summed E-state index contributed by atoms with van der Waals surface area (Å²) in [6, 6.07) is 9.26. The second kappa shape index (κ2) is 7.28. The molecule has 0 aromatic heterocycles. The number of amides is 2. The van der Waals surface area contributed by atoms with Gasteiger partial charge in [0.15, 0.2) is 0 Å². The van der Waals surface area contributed by atoms with Crippen molar-refractivity contribution in [2.24, 2.45) is 5.92 Å². The highest BCUT2D eigenvalue weighted by Gasteiger charge is 2.44. The number of ether oxygens (including phenoxy) is 1. The van der Waals surface area contributed by atoms with Crippen molar-refractivity contribution < 1.29 is 19.4 Å². The average Bonchev–Trinajstić information content (AvgIpc) is 3.26. The molecule has 2 aliphatic rings. The van der Waals surface area contributed by atoms with Crippen molar-refractivity contribution in [3.8, 4) is 12.3 Å². The molecule has 1 aliphatic heterocycles. The summed E-state index contributed by atoms with van der Waals surface area (Å²) >= 11 is 0. The largest absolute Gasteiger partial charge is 0.447 e. The third kappa shape index (κ3) is 3.69. The fraction of sp³-hybridized carbons (Fsp3) is 0.500. The molecule has 1 N–H and O–H groups in total. The lowest BCUT2D eigenvalue weighted by Crippen LogP contribution is -2.46.